The Bertz CT molecular complexity index is 453. The van der Waals surface area contributed by atoms with Gasteiger partial charge in [-0.15, -0.1) is 0 Å². The Morgan fingerprint density at radius 2 is 1.90 bits per heavy atom. The molecule has 0 aliphatic carbocycles. The fraction of sp³-hybridized carbons (Fsp3) is 0.533. The van der Waals surface area contributed by atoms with Gasteiger partial charge in [0.2, 0.25) is 0 Å². The molecule has 110 valence electrons. The van der Waals surface area contributed by atoms with Gasteiger partial charge in [-0.2, -0.15) is 0 Å². The Labute approximate surface area is 120 Å². The van der Waals surface area contributed by atoms with Gasteiger partial charge in [0.05, 0.1) is 5.69 Å². The van der Waals surface area contributed by atoms with E-state index in [1.54, 1.807) is 6.07 Å². The summed E-state index contributed by atoms with van der Waals surface area (Å²) in [5.74, 6) is 0.818. The summed E-state index contributed by atoms with van der Waals surface area (Å²) in [6.07, 6.45) is 0. The second kappa shape index (κ2) is 7.12. The van der Waals surface area contributed by atoms with Crippen LogP contribution in [0.4, 0.5) is 10.1 Å². The van der Waals surface area contributed by atoms with Gasteiger partial charge in [-0.3, -0.25) is 4.99 Å². The SMILES string of the molecule is CCN=C(NCC)N1CCN(c2ccccc2F)CC1. The fourth-order valence-corrected chi connectivity index (χ4v) is 2.44. The van der Waals surface area contributed by atoms with Crippen molar-refractivity contribution in [3.8, 4) is 0 Å². The van der Waals surface area contributed by atoms with Crippen LogP contribution in [-0.4, -0.2) is 50.1 Å². The van der Waals surface area contributed by atoms with Gasteiger partial charge in [-0.1, -0.05) is 12.1 Å². The van der Waals surface area contributed by atoms with E-state index in [1.165, 1.54) is 6.07 Å². The molecule has 1 aliphatic heterocycles. The Balaban J connectivity index is 1.98. The first-order valence-electron chi connectivity index (χ1n) is 7.29. The zero-order chi connectivity index (χ0) is 14.4. The first kappa shape index (κ1) is 14.6. The van der Waals surface area contributed by atoms with Crippen molar-refractivity contribution < 1.29 is 4.39 Å². The van der Waals surface area contributed by atoms with Gasteiger partial charge >= 0.3 is 0 Å². The predicted octanol–water partition coefficient (Wildman–Crippen LogP) is 1.93. The Morgan fingerprint density at radius 3 is 2.50 bits per heavy atom. The van der Waals surface area contributed by atoms with Crippen LogP contribution in [-0.2, 0) is 0 Å². The standard InChI is InChI=1S/C15H23FN4/c1-3-17-15(18-4-2)20-11-9-19(10-12-20)14-8-6-5-7-13(14)16/h5-8H,3-4,9-12H2,1-2H3,(H,17,18). The maximum Gasteiger partial charge on any atom is 0.194 e. The fourth-order valence-electron chi connectivity index (χ4n) is 2.44. The van der Waals surface area contributed by atoms with E-state index in [4.69, 9.17) is 0 Å². The molecule has 1 N–H and O–H groups in total. The van der Waals surface area contributed by atoms with E-state index in [0.717, 1.165) is 45.2 Å². The van der Waals surface area contributed by atoms with Gasteiger partial charge in [0.25, 0.3) is 0 Å². The molecule has 1 aromatic rings. The molecular weight excluding hydrogens is 255 g/mol. The number of hydrogen-bond donors (Lipinski definition) is 1. The minimum atomic E-state index is -0.143. The van der Waals surface area contributed by atoms with Crippen molar-refractivity contribution in [1.82, 2.24) is 10.2 Å². The molecule has 0 atom stereocenters. The summed E-state index contributed by atoms with van der Waals surface area (Å²) in [4.78, 5) is 8.83. The minimum absolute atomic E-state index is 0.143. The second-order valence-corrected chi connectivity index (χ2v) is 4.75. The largest absolute Gasteiger partial charge is 0.366 e. The number of nitrogens with zero attached hydrogens (tertiary/aromatic N) is 3. The van der Waals surface area contributed by atoms with Gasteiger partial charge in [-0.25, -0.2) is 4.39 Å². The lowest BCUT2D eigenvalue weighted by Gasteiger charge is -2.37. The highest BCUT2D eigenvalue weighted by Crippen LogP contribution is 2.20. The van der Waals surface area contributed by atoms with E-state index in [1.807, 2.05) is 19.1 Å². The van der Waals surface area contributed by atoms with Crippen LogP contribution in [0.3, 0.4) is 0 Å². The molecule has 1 fully saturated rings. The first-order chi connectivity index (χ1) is 9.76. The number of halogens is 1. The van der Waals surface area contributed by atoms with Crippen LogP contribution >= 0.6 is 0 Å². The van der Waals surface area contributed by atoms with Gasteiger partial charge in [-0.05, 0) is 26.0 Å². The van der Waals surface area contributed by atoms with Gasteiger partial charge < -0.3 is 15.1 Å². The van der Waals surface area contributed by atoms with E-state index in [9.17, 15) is 4.39 Å². The summed E-state index contributed by atoms with van der Waals surface area (Å²) in [5, 5.41) is 3.30. The predicted molar refractivity (Wildman–Crippen MR) is 81.8 cm³/mol. The lowest BCUT2D eigenvalue weighted by Crippen LogP contribution is -2.52. The van der Waals surface area contributed by atoms with E-state index in [0.29, 0.717) is 5.69 Å². The third-order valence-corrected chi connectivity index (χ3v) is 3.42. The van der Waals surface area contributed by atoms with Gasteiger partial charge in [0, 0.05) is 39.3 Å². The van der Waals surface area contributed by atoms with Crippen molar-refractivity contribution >= 4 is 11.6 Å². The molecule has 1 aliphatic rings. The highest BCUT2D eigenvalue weighted by Gasteiger charge is 2.21. The van der Waals surface area contributed by atoms with Crippen LogP contribution in [0.15, 0.2) is 29.3 Å². The molecule has 0 radical (unpaired) electrons. The van der Waals surface area contributed by atoms with Crippen molar-refractivity contribution in [2.75, 3.05) is 44.2 Å². The van der Waals surface area contributed by atoms with Crippen LogP contribution in [0.2, 0.25) is 0 Å². The molecule has 1 aromatic carbocycles. The third kappa shape index (κ3) is 3.40. The van der Waals surface area contributed by atoms with Gasteiger partial charge in [0.1, 0.15) is 5.82 Å². The van der Waals surface area contributed by atoms with Crippen molar-refractivity contribution in [3.05, 3.63) is 30.1 Å². The monoisotopic (exact) mass is 278 g/mol. The van der Waals surface area contributed by atoms with Gasteiger partial charge in [0.15, 0.2) is 5.96 Å². The number of rotatable bonds is 3. The third-order valence-electron chi connectivity index (χ3n) is 3.42. The van der Waals surface area contributed by atoms with Crippen LogP contribution in [0.5, 0.6) is 0 Å². The molecule has 0 saturated carbocycles. The minimum Gasteiger partial charge on any atom is -0.366 e. The summed E-state index contributed by atoms with van der Waals surface area (Å²) in [6.45, 7) is 9.10. The normalized spacial score (nSPS) is 16.4. The lowest BCUT2D eigenvalue weighted by molar-refractivity contribution is 0.371. The number of hydrogen-bond acceptors (Lipinski definition) is 2. The molecule has 0 aromatic heterocycles. The molecule has 5 heteroatoms. The zero-order valence-electron chi connectivity index (χ0n) is 12.3. The molecule has 0 amide bonds. The molecule has 0 spiro atoms. The number of para-hydroxylation sites is 1. The lowest BCUT2D eigenvalue weighted by atomic mass is 10.2. The van der Waals surface area contributed by atoms with E-state index in [-0.39, 0.29) is 5.82 Å². The first-order valence-corrected chi connectivity index (χ1v) is 7.29. The second-order valence-electron chi connectivity index (χ2n) is 4.75. The van der Waals surface area contributed by atoms with E-state index < -0.39 is 0 Å². The molecule has 0 bridgehead atoms. The Hall–Kier alpha value is -1.78. The summed E-state index contributed by atoms with van der Waals surface area (Å²) < 4.78 is 13.8. The summed E-state index contributed by atoms with van der Waals surface area (Å²) in [5.41, 5.74) is 0.699. The topological polar surface area (TPSA) is 30.9 Å². The summed E-state index contributed by atoms with van der Waals surface area (Å²) in [7, 11) is 0. The van der Waals surface area contributed by atoms with Crippen LogP contribution < -0.4 is 10.2 Å². The molecule has 2 rings (SSSR count). The van der Waals surface area contributed by atoms with Crippen LogP contribution in [0.1, 0.15) is 13.8 Å². The number of nitrogens with one attached hydrogen (secondary N) is 1. The van der Waals surface area contributed by atoms with E-state index >= 15 is 0 Å². The average molecular weight is 278 g/mol. The highest BCUT2D eigenvalue weighted by atomic mass is 19.1. The molecule has 4 nitrogen and oxygen atoms in total. The van der Waals surface area contributed by atoms with Crippen molar-refractivity contribution in [2.24, 2.45) is 4.99 Å². The molecule has 0 unspecified atom stereocenters. The number of aliphatic imine (C=N–C) groups is 1. The Kier molecular flexibility index (Phi) is 5.21. The smallest absolute Gasteiger partial charge is 0.194 e. The zero-order valence-corrected chi connectivity index (χ0v) is 12.3. The number of piperazine rings is 1. The van der Waals surface area contributed by atoms with Crippen LogP contribution in [0.25, 0.3) is 0 Å². The maximum absolute atomic E-state index is 13.8. The summed E-state index contributed by atoms with van der Waals surface area (Å²) >= 11 is 0. The highest BCUT2D eigenvalue weighted by molar-refractivity contribution is 5.80. The van der Waals surface area contributed by atoms with Crippen molar-refractivity contribution in [2.45, 2.75) is 13.8 Å². The molecule has 20 heavy (non-hydrogen) atoms. The Morgan fingerprint density at radius 1 is 1.20 bits per heavy atom. The maximum atomic E-state index is 13.8. The van der Waals surface area contributed by atoms with Crippen molar-refractivity contribution in [3.63, 3.8) is 0 Å². The van der Waals surface area contributed by atoms with Crippen molar-refractivity contribution in [1.29, 1.82) is 0 Å². The molecule has 1 heterocycles. The summed E-state index contributed by atoms with van der Waals surface area (Å²) in [6, 6.07) is 6.97. The molecular formula is C15H23FN4. The number of benzene rings is 1. The average Bonchev–Trinajstić information content (AvgIpc) is 2.48. The van der Waals surface area contributed by atoms with E-state index in [2.05, 4.69) is 27.0 Å². The quantitative estimate of drug-likeness (QED) is 0.677. The number of guanidine groups is 1. The van der Waals surface area contributed by atoms with Crippen LogP contribution in [0, 0.1) is 5.82 Å². The number of anilines is 1. The molecule has 1 saturated heterocycles.